The summed E-state index contributed by atoms with van der Waals surface area (Å²) in [7, 11) is 3.79. The van der Waals surface area contributed by atoms with Gasteiger partial charge in [0.2, 0.25) is 0 Å². The van der Waals surface area contributed by atoms with E-state index < -0.39 is 0 Å². The van der Waals surface area contributed by atoms with Crippen LogP contribution in [0.3, 0.4) is 0 Å². The summed E-state index contributed by atoms with van der Waals surface area (Å²) in [6.45, 7) is 1.82. The van der Waals surface area contributed by atoms with Gasteiger partial charge in [0.05, 0.1) is 7.11 Å². The Kier molecular flexibility index (Phi) is 4.42. The summed E-state index contributed by atoms with van der Waals surface area (Å²) in [5.74, 6) is 0.893. The number of hydrogen-bond acceptors (Lipinski definition) is 3. The van der Waals surface area contributed by atoms with Crippen LogP contribution in [0.25, 0.3) is 0 Å². The second kappa shape index (κ2) is 6.25. The lowest BCUT2D eigenvalue weighted by Gasteiger charge is -2.17. The molecule has 100 valence electrons. The molecule has 2 rings (SSSR count). The maximum atomic E-state index is 5.68. The first-order valence-electron chi connectivity index (χ1n) is 6.33. The molecule has 0 aliphatic carbocycles. The van der Waals surface area contributed by atoms with Crippen LogP contribution in [0.1, 0.15) is 11.1 Å². The fraction of sp³-hybridized carbons (Fsp3) is 0.250. The minimum absolute atomic E-state index is 0.807. The number of hydrogen-bond donors (Lipinski definition) is 1. The van der Waals surface area contributed by atoms with Crippen molar-refractivity contribution in [1.82, 2.24) is 4.90 Å². The van der Waals surface area contributed by atoms with Crippen LogP contribution in [0, 0.1) is 0 Å². The lowest BCUT2D eigenvalue weighted by Crippen LogP contribution is -2.17. The van der Waals surface area contributed by atoms with Crippen molar-refractivity contribution in [1.29, 1.82) is 0 Å². The van der Waals surface area contributed by atoms with Gasteiger partial charge in [-0.3, -0.25) is 4.90 Å². The molecule has 0 aliphatic heterocycles. The van der Waals surface area contributed by atoms with Crippen LogP contribution in [-0.2, 0) is 13.1 Å². The molecular formula is C16H20N2O. The first-order chi connectivity index (χ1) is 9.17. The van der Waals surface area contributed by atoms with Crippen molar-refractivity contribution >= 4 is 5.69 Å². The van der Waals surface area contributed by atoms with Crippen molar-refractivity contribution in [2.24, 2.45) is 0 Å². The van der Waals surface area contributed by atoms with Crippen LogP contribution >= 0.6 is 0 Å². The Bertz CT molecular complexity index is 505. The first kappa shape index (κ1) is 13.4. The van der Waals surface area contributed by atoms with Gasteiger partial charge in [0.1, 0.15) is 5.75 Å². The number of nitrogens with zero attached hydrogens (tertiary/aromatic N) is 1. The molecule has 0 aliphatic rings. The van der Waals surface area contributed by atoms with E-state index in [-0.39, 0.29) is 0 Å². The van der Waals surface area contributed by atoms with Gasteiger partial charge in [0.15, 0.2) is 0 Å². The summed E-state index contributed by atoms with van der Waals surface area (Å²) < 4.78 is 5.16. The predicted molar refractivity (Wildman–Crippen MR) is 79.0 cm³/mol. The summed E-state index contributed by atoms with van der Waals surface area (Å²) in [6.07, 6.45) is 0. The zero-order valence-electron chi connectivity index (χ0n) is 11.5. The van der Waals surface area contributed by atoms with E-state index in [1.807, 2.05) is 24.3 Å². The molecule has 2 N–H and O–H groups in total. The van der Waals surface area contributed by atoms with Crippen LogP contribution < -0.4 is 10.5 Å². The fourth-order valence-electron chi connectivity index (χ4n) is 2.03. The summed E-state index contributed by atoms with van der Waals surface area (Å²) in [5.41, 5.74) is 9.04. The highest BCUT2D eigenvalue weighted by molar-refractivity contribution is 5.39. The number of nitrogens with two attached hydrogens (primary N) is 1. The molecule has 19 heavy (non-hydrogen) atoms. The van der Waals surface area contributed by atoms with Gasteiger partial charge in [-0.15, -0.1) is 0 Å². The van der Waals surface area contributed by atoms with Gasteiger partial charge >= 0.3 is 0 Å². The summed E-state index contributed by atoms with van der Waals surface area (Å²) >= 11 is 0. The molecule has 3 nitrogen and oxygen atoms in total. The SMILES string of the molecule is COc1ccc(CN(C)Cc2ccc(N)cc2)cc1. The molecule has 0 fully saturated rings. The molecule has 0 aromatic heterocycles. The molecule has 0 bridgehead atoms. The summed E-state index contributed by atoms with van der Waals surface area (Å²) in [6, 6.07) is 16.2. The molecular weight excluding hydrogens is 236 g/mol. The van der Waals surface area contributed by atoms with Crippen LogP contribution in [0.15, 0.2) is 48.5 Å². The van der Waals surface area contributed by atoms with Crippen LogP contribution in [0.5, 0.6) is 5.75 Å². The summed E-state index contributed by atoms with van der Waals surface area (Å²) in [5, 5.41) is 0. The minimum Gasteiger partial charge on any atom is -0.497 e. The second-order valence-corrected chi connectivity index (χ2v) is 4.76. The second-order valence-electron chi connectivity index (χ2n) is 4.76. The molecule has 0 spiro atoms. The maximum Gasteiger partial charge on any atom is 0.118 e. The molecule has 0 amide bonds. The molecule has 0 saturated carbocycles. The van der Waals surface area contributed by atoms with Crippen molar-refractivity contribution in [3.63, 3.8) is 0 Å². The smallest absolute Gasteiger partial charge is 0.118 e. The number of rotatable bonds is 5. The van der Waals surface area contributed by atoms with E-state index in [2.05, 4.69) is 36.2 Å². The van der Waals surface area contributed by atoms with Crippen molar-refractivity contribution in [3.05, 3.63) is 59.7 Å². The van der Waals surface area contributed by atoms with Crippen molar-refractivity contribution < 1.29 is 4.74 Å². The molecule has 3 heteroatoms. The van der Waals surface area contributed by atoms with Gasteiger partial charge in [-0.05, 0) is 42.4 Å². The van der Waals surface area contributed by atoms with E-state index in [1.165, 1.54) is 11.1 Å². The molecule has 2 aromatic rings. The van der Waals surface area contributed by atoms with Gasteiger partial charge in [-0.2, -0.15) is 0 Å². The van der Waals surface area contributed by atoms with E-state index in [0.29, 0.717) is 0 Å². The zero-order chi connectivity index (χ0) is 13.7. The van der Waals surface area contributed by atoms with Crippen molar-refractivity contribution in [3.8, 4) is 5.75 Å². The average molecular weight is 256 g/mol. The Labute approximate surface area is 114 Å². The first-order valence-corrected chi connectivity index (χ1v) is 6.33. The molecule has 0 atom stereocenters. The predicted octanol–water partition coefficient (Wildman–Crippen LogP) is 2.91. The van der Waals surface area contributed by atoms with E-state index in [0.717, 1.165) is 24.5 Å². The Morgan fingerprint density at radius 1 is 0.895 bits per heavy atom. The minimum atomic E-state index is 0.807. The Morgan fingerprint density at radius 2 is 1.37 bits per heavy atom. The molecule has 0 radical (unpaired) electrons. The van der Waals surface area contributed by atoms with Crippen molar-refractivity contribution in [2.45, 2.75) is 13.1 Å². The zero-order valence-corrected chi connectivity index (χ0v) is 11.5. The van der Waals surface area contributed by atoms with Crippen LogP contribution in [0.4, 0.5) is 5.69 Å². The quantitative estimate of drug-likeness (QED) is 0.836. The number of methoxy groups -OCH3 is 1. The Morgan fingerprint density at radius 3 is 1.84 bits per heavy atom. The van der Waals surface area contributed by atoms with E-state index in [9.17, 15) is 0 Å². The number of benzene rings is 2. The molecule has 0 heterocycles. The Hall–Kier alpha value is -2.00. The third kappa shape index (κ3) is 4.00. The molecule has 2 aromatic carbocycles. The highest BCUT2D eigenvalue weighted by Crippen LogP contribution is 2.14. The largest absolute Gasteiger partial charge is 0.497 e. The van der Waals surface area contributed by atoms with Gasteiger partial charge in [0.25, 0.3) is 0 Å². The van der Waals surface area contributed by atoms with Crippen LogP contribution in [-0.4, -0.2) is 19.1 Å². The van der Waals surface area contributed by atoms with Gasteiger partial charge < -0.3 is 10.5 Å². The number of ether oxygens (including phenoxy) is 1. The monoisotopic (exact) mass is 256 g/mol. The van der Waals surface area contributed by atoms with E-state index >= 15 is 0 Å². The normalized spacial score (nSPS) is 10.7. The number of anilines is 1. The van der Waals surface area contributed by atoms with E-state index in [4.69, 9.17) is 10.5 Å². The molecule has 0 unspecified atom stereocenters. The third-order valence-electron chi connectivity index (χ3n) is 3.04. The van der Waals surface area contributed by atoms with Crippen LogP contribution in [0.2, 0.25) is 0 Å². The Balaban J connectivity index is 1.92. The van der Waals surface area contributed by atoms with Crippen molar-refractivity contribution in [2.75, 3.05) is 19.9 Å². The van der Waals surface area contributed by atoms with Gasteiger partial charge in [-0.25, -0.2) is 0 Å². The fourth-order valence-corrected chi connectivity index (χ4v) is 2.03. The van der Waals surface area contributed by atoms with E-state index in [1.54, 1.807) is 7.11 Å². The molecule has 0 saturated heterocycles. The average Bonchev–Trinajstić information content (AvgIpc) is 2.42. The third-order valence-corrected chi connectivity index (χ3v) is 3.04. The highest BCUT2D eigenvalue weighted by atomic mass is 16.5. The lowest BCUT2D eigenvalue weighted by molar-refractivity contribution is 0.319. The number of nitrogen functional groups attached to an aromatic ring is 1. The topological polar surface area (TPSA) is 38.5 Å². The summed E-state index contributed by atoms with van der Waals surface area (Å²) in [4.78, 5) is 2.27. The maximum absolute atomic E-state index is 5.68. The highest BCUT2D eigenvalue weighted by Gasteiger charge is 2.02. The van der Waals surface area contributed by atoms with Gasteiger partial charge in [0, 0.05) is 18.8 Å². The van der Waals surface area contributed by atoms with Gasteiger partial charge in [-0.1, -0.05) is 24.3 Å². The lowest BCUT2D eigenvalue weighted by atomic mass is 10.1. The standard InChI is InChI=1S/C16H20N2O/c1-18(11-13-3-7-15(17)8-4-13)12-14-5-9-16(19-2)10-6-14/h3-10H,11-12,17H2,1-2H3.